The second kappa shape index (κ2) is 6.40. The Kier molecular flexibility index (Phi) is 4.73. The minimum Gasteiger partial charge on any atom is -0.480 e. The summed E-state index contributed by atoms with van der Waals surface area (Å²) in [6.07, 6.45) is 2.25. The Morgan fingerprint density at radius 2 is 1.83 bits per heavy atom. The van der Waals surface area contributed by atoms with Crippen molar-refractivity contribution in [2.75, 3.05) is 0 Å². The van der Waals surface area contributed by atoms with Gasteiger partial charge >= 0.3 is 11.9 Å². The first-order valence-electron chi connectivity index (χ1n) is 7.59. The Labute approximate surface area is 133 Å². The molecule has 5 nitrogen and oxygen atoms in total. The third-order valence-electron chi connectivity index (χ3n) is 4.64. The normalized spacial score (nSPS) is 12.0. The number of carboxylic acid groups (broad SMARTS) is 2. The van der Waals surface area contributed by atoms with Gasteiger partial charge in [0.25, 0.3) is 0 Å². The predicted octanol–water partition coefficient (Wildman–Crippen LogP) is 3.44. The van der Waals surface area contributed by atoms with Crippen LogP contribution in [0.4, 0.5) is 4.39 Å². The lowest BCUT2D eigenvalue weighted by Gasteiger charge is -2.32. The Balaban J connectivity index is 2.58. The van der Waals surface area contributed by atoms with Crippen LogP contribution in [0.1, 0.15) is 32.3 Å². The van der Waals surface area contributed by atoms with Crippen LogP contribution >= 0.6 is 0 Å². The van der Waals surface area contributed by atoms with Crippen LogP contribution in [0.5, 0.6) is 0 Å². The van der Waals surface area contributed by atoms with Gasteiger partial charge < -0.3 is 15.2 Å². The quantitative estimate of drug-likeness (QED) is 0.681. The van der Waals surface area contributed by atoms with Crippen molar-refractivity contribution in [3.8, 4) is 0 Å². The highest BCUT2D eigenvalue weighted by Gasteiger charge is 2.51. The molecule has 1 aromatic carbocycles. The van der Waals surface area contributed by atoms with Gasteiger partial charge in [-0.1, -0.05) is 26.7 Å². The number of hydrogen-bond acceptors (Lipinski definition) is 2. The minimum absolute atomic E-state index is 0.187. The zero-order valence-electron chi connectivity index (χ0n) is 13.1. The van der Waals surface area contributed by atoms with E-state index in [0.29, 0.717) is 29.3 Å². The van der Waals surface area contributed by atoms with Crippen molar-refractivity contribution >= 4 is 22.8 Å². The third-order valence-corrected chi connectivity index (χ3v) is 4.64. The van der Waals surface area contributed by atoms with Gasteiger partial charge in [0.05, 0.1) is 0 Å². The molecule has 0 atom stereocenters. The first-order valence-corrected chi connectivity index (χ1v) is 7.59. The van der Waals surface area contributed by atoms with E-state index in [2.05, 4.69) is 4.98 Å². The third kappa shape index (κ3) is 2.81. The number of carboxylic acids is 2. The van der Waals surface area contributed by atoms with E-state index in [4.69, 9.17) is 0 Å². The van der Waals surface area contributed by atoms with Crippen molar-refractivity contribution in [3.63, 3.8) is 0 Å². The lowest BCUT2D eigenvalue weighted by Crippen LogP contribution is -2.47. The lowest BCUT2D eigenvalue weighted by molar-refractivity contribution is -0.169. The number of carbonyl (C=O) groups is 2. The molecule has 0 aliphatic carbocycles. The molecule has 0 amide bonds. The van der Waals surface area contributed by atoms with Gasteiger partial charge in [-0.15, -0.1) is 0 Å². The topological polar surface area (TPSA) is 90.4 Å². The predicted molar refractivity (Wildman–Crippen MR) is 83.7 cm³/mol. The molecule has 6 heteroatoms. The monoisotopic (exact) mass is 321 g/mol. The number of aromatic nitrogens is 1. The molecule has 0 bridgehead atoms. The van der Waals surface area contributed by atoms with Crippen molar-refractivity contribution in [1.82, 2.24) is 4.98 Å². The highest BCUT2D eigenvalue weighted by molar-refractivity contribution is 5.99. The van der Waals surface area contributed by atoms with Crippen LogP contribution in [-0.4, -0.2) is 27.1 Å². The maximum absolute atomic E-state index is 13.5. The van der Waals surface area contributed by atoms with E-state index < -0.39 is 29.1 Å². The van der Waals surface area contributed by atoms with E-state index in [0.717, 1.165) is 0 Å². The number of aromatic amines is 1. The number of aliphatic carboxylic acids is 2. The Bertz CT molecular complexity index is 719. The van der Waals surface area contributed by atoms with E-state index >= 15 is 0 Å². The van der Waals surface area contributed by atoms with E-state index in [-0.39, 0.29) is 6.42 Å². The Morgan fingerprint density at radius 3 is 2.35 bits per heavy atom. The van der Waals surface area contributed by atoms with E-state index in [1.54, 1.807) is 26.1 Å². The molecule has 0 saturated heterocycles. The summed E-state index contributed by atoms with van der Waals surface area (Å²) >= 11 is 0. The number of halogens is 1. The first-order chi connectivity index (χ1) is 10.9. The van der Waals surface area contributed by atoms with Crippen LogP contribution in [0.15, 0.2) is 24.4 Å². The summed E-state index contributed by atoms with van der Waals surface area (Å²) < 4.78 is 13.5. The van der Waals surface area contributed by atoms with Crippen LogP contribution in [0, 0.1) is 17.2 Å². The molecule has 3 N–H and O–H groups in total. The summed E-state index contributed by atoms with van der Waals surface area (Å²) in [7, 11) is 0. The summed E-state index contributed by atoms with van der Waals surface area (Å²) in [6.45, 7) is 3.56. The molecule has 0 aliphatic heterocycles. The van der Waals surface area contributed by atoms with Crippen molar-refractivity contribution in [2.24, 2.45) is 11.3 Å². The fourth-order valence-electron chi connectivity index (χ4n) is 3.32. The average molecular weight is 321 g/mol. The van der Waals surface area contributed by atoms with E-state index in [1.807, 2.05) is 0 Å². The standard InChI is InChI=1S/C17H20FNO4/c1-3-11(4-2)17(15(20)21,16(22)23)8-10-9-19-14-6-5-12(18)7-13(10)14/h5-7,9,11,19H,3-4,8H2,1-2H3,(H,20,21)(H,22,23). The maximum atomic E-state index is 13.5. The minimum atomic E-state index is -1.93. The summed E-state index contributed by atoms with van der Waals surface area (Å²) in [4.78, 5) is 26.7. The fraction of sp³-hybridized carbons (Fsp3) is 0.412. The zero-order valence-corrected chi connectivity index (χ0v) is 13.1. The molecule has 1 heterocycles. The van der Waals surface area contributed by atoms with Gasteiger partial charge in [0, 0.05) is 23.5 Å². The molecular formula is C17H20FNO4. The van der Waals surface area contributed by atoms with Crippen molar-refractivity contribution in [3.05, 3.63) is 35.8 Å². The average Bonchev–Trinajstić information content (AvgIpc) is 2.88. The number of hydrogen-bond donors (Lipinski definition) is 3. The summed E-state index contributed by atoms with van der Waals surface area (Å²) in [5.74, 6) is -3.68. The van der Waals surface area contributed by atoms with Gasteiger partial charge in [-0.2, -0.15) is 0 Å². The zero-order chi connectivity index (χ0) is 17.2. The first kappa shape index (κ1) is 17.0. The van der Waals surface area contributed by atoms with Gasteiger partial charge in [-0.25, -0.2) is 4.39 Å². The Hall–Kier alpha value is -2.37. The molecule has 23 heavy (non-hydrogen) atoms. The molecule has 0 aliphatic rings. The second-order valence-corrected chi connectivity index (χ2v) is 5.78. The molecule has 2 aromatic rings. The van der Waals surface area contributed by atoms with Gasteiger partial charge in [0.1, 0.15) is 5.82 Å². The molecule has 1 aromatic heterocycles. The number of H-pyrrole nitrogens is 1. The number of nitrogens with one attached hydrogen (secondary N) is 1. The largest absolute Gasteiger partial charge is 0.480 e. The summed E-state index contributed by atoms with van der Waals surface area (Å²) in [5.41, 5.74) is -0.780. The molecular weight excluding hydrogens is 301 g/mol. The molecule has 0 saturated carbocycles. The highest BCUT2D eigenvalue weighted by atomic mass is 19.1. The smallest absolute Gasteiger partial charge is 0.321 e. The van der Waals surface area contributed by atoms with Crippen LogP contribution in [0.3, 0.4) is 0 Å². The van der Waals surface area contributed by atoms with Crippen LogP contribution in [0.2, 0.25) is 0 Å². The summed E-state index contributed by atoms with van der Waals surface area (Å²) in [6, 6.07) is 4.14. The fourth-order valence-corrected chi connectivity index (χ4v) is 3.32. The van der Waals surface area contributed by atoms with E-state index in [1.165, 1.54) is 12.1 Å². The molecule has 0 spiro atoms. The highest BCUT2D eigenvalue weighted by Crippen LogP contribution is 2.39. The molecule has 124 valence electrons. The maximum Gasteiger partial charge on any atom is 0.321 e. The van der Waals surface area contributed by atoms with Crippen molar-refractivity contribution in [2.45, 2.75) is 33.1 Å². The Morgan fingerprint density at radius 1 is 1.22 bits per heavy atom. The number of benzene rings is 1. The lowest BCUT2D eigenvalue weighted by atomic mass is 9.69. The number of rotatable bonds is 7. The molecule has 0 fully saturated rings. The molecule has 0 radical (unpaired) electrons. The molecule has 2 rings (SSSR count). The van der Waals surface area contributed by atoms with Crippen LogP contribution in [-0.2, 0) is 16.0 Å². The SMILES string of the molecule is CCC(CC)C(Cc1c[nH]c2ccc(F)cc12)(C(=O)O)C(=O)O. The van der Waals surface area contributed by atoms with Crippen LogP contribution in [0.25, 0.3) is 10.9 Å². The van der Waals surface area contributed by atoms with Gasteiger partial charge in [-0.05, 0) is 29.7 Å². The summed E-state index contributed by atoms with van der Waals surface area (Å²) in [5, 5.41) is 19.9. The van der Waals surface area contributed by atoms with Crippen LogP contribution < -0.4 is 0 Å². The second-order valence-electron chi connectivity index (χ2n) is 5.78. The van der Waals surface area contributed by atoms with Gasteiger partial charge in [0.2, 0.25) is 0 Å². The van der Waals surface area contributed by atoms with Crippen molar-refractivity contribution < 1.29 is 24.2 Å². The van der Waals surface area contributed by atoms with Gasteiger partial charge in [-0.3, -0.25) is 9.59 Å². The molecule has 0 unspecified atom stereocenters. The van der Waals surface area contributed by atoms with E-state index in [9.17, 15) is 24.2 Å². The van der Waals surface area contributed by atoms with Crippen molar-refractivity contribution in [1.29, 1.82) is 0 Å². The van der Waals surface area contributed by atoms with Gasteiger partial charge in [0.15, 0.2) is 5.41 Å². The number of fused-ring (bicyclic) bond motifs is 1.